The Labute approximate surface area is 195 Å². The van der Waals surface area contributed by atoms with Crippen LogP contribution in [0.1, 0.15) is 50.1 Å². The van der Waals surface area contributed by atoms with Crippen molar-refractivity contribution in [3.05, 3.63) is 62.5 Å². The quantitative estimate of drug-likeness (QED) is 0.484. The first-order chi connectivity index (χ1) is 14.5. The smallest absolute Gasteiger partial charge is 0.223 e. The summed E-state index contributed by atoms with van der Waals surface area (Å²) in [7, 11) is 0. The van der Waals surface area contributed by atoms with E-state index in [1.807, 2.05) is 29.3 Å². The molecule has 1 atom stereocenters. The lowest BCUT2D eigenvalue weighted by Crippen LogP contribution is -2.35. The molecular formula is C23H24BrCl2N3O. The molecule has 0 spiro atoms. The maximum Gasteiger partial charge on any atom is 0.223 e. The number of nitrogens with zero attached hydrogens (tertiary/aromatic N) is 2. The third-order valence-corrected chi connectivity index (χ3v) is 6.89. The summed E-state index contributed by atoms with van der Waals surface area (Å²) in [6.45, 7) is 0.462. The van der Waals surface area contributed by atoms with Crippen molar-refractivity contribution in [3.8, 4) is 0 Å². The van der Waals surface area contributed by atoms with Crippen molar-refractivity contribution in [2.24, 2.45) is 11.0 Å². The Balaban J connectivity index is 1.54. The van der Waals surface area contributed by atoms with Gasteiger partial charge >= 0.3 is 0 Å². The first kappa shape index (κ1) is 21.7. The summed E-state index contributed by atoms with van der Waals surface area (Å²) in [4.78, 5) is 12.6. The zero-order valence-electron chi connectivity index (χ0n) is 16.6. The zero-order valence-corrected chi connectivity index (χ0v) is 19.7. The molecule has 1 amide bonds. The molecule has 1 heterocycles. The number of anilines is 1. The third-order valence-electron chi connectivity index (χ3n) is 5.83. The van der Waals surface area contributed by atoms with E-state index in [1.54, 1.807) is 6.07 Å². The minimum Gasteiger partial charge on any atom is -0.350 e. The van der Waals surface area contributed by atoms with Gasteiger partial charge in [-0.3, -0.25) is 9.80 Å². The molecule has 1 aliphatic heterocycles. The van der Waals surface area contributed by atoms with Crippen molar-refractivity contribution in [1.29, 1.82) is 0 Å². The SMILES string of the molecule is O=C(NCC1=NN(c2ccc(Cl)cc2Cl)C(c2ccc(Br)cc2)C1)C1CCCCC1. The average Bonchev–Trinajstić information content (AvgIpc) is 3.17. The van der Waals surface area contributed by atoms with Crippen LogP contribution < -0.4 is 10.3 Å². The minimum atomic E-state index is 0.0124. The van der Waals surface area contributed by atoms with E-state index in [4.69, 9.17) is 28.3 Å². The van der Waals surface area contributed by atoms with Crippen LogP contribution in [0.25, 0.3) is 0 Å². The first-order valence-electron chi connectivity index (χ1n) is 10.3. The Morgan fingerprint density at radius 1 is 1.10 bits per heavy atom. The molecule has 1 unspecified atom stereocenters. The van der Waals surface area contributed by atoms with Gasteiger partial charge in [-0.2, -0.15) is 5.10 Å². The second kappa shape index (κ2) is 9.71. The van der Waals surface area contributed by atoms with Gasteiger partial charge in [0.15, 0.2) is 0 Å². The van der Waals surface area contributed by atoms with Crippen LogP contribution in [-0.4, -0.2) is 18.2 Å². The van der Waals surface area contributed by atoms with Crippen molar-refractivity contribution in [1.82, 2.24) is 5.32 Å². The van der Waals surface area contributed by atoms with Gasteiger partial charge < -0.3 is 5.32 Å². The molecule has 30 heavy (non-hydrogen) atoms. The highest BCUT2D eigenvalue weighted by Gasteiger charge is 2.31. The van der Waals surface area contributed by atoms with Crippen LogP contribution in [0.3, 0.4) is 0 Å². The first-order valence-corrected chi connectivity index (χ1v) is 11.9. The number of benzene rings is 2. The second-order valence-electron chi connectivity index (χ2n) is 7.93. The number of carbonyl (C=O) groups excluding carboxylic acids is 1. The molecule has 0 aromatic heterocycles. The number of rotatable bonds is 5. The lowest BCUT2D eigenvalue weighted by molar-refractivity contribution is -0.125. The lowest BCUT2D eigenvalue weighted by atomic mass is 9.88. The van der Waals surface area contributed by atoms with Crippen molar-refractivity contribution < 1.29 is 4.79 Å². The largest absolute Gasteiger partial charge is 0.350 e. The van der Waals surface area contributed by atoms with Gasteiger partial charge in [0.2, 0.25) is 5.91 Å². The maximum atomic E-state index is 12.6. The molecule has 1 saturated carbocycles. The fourth-order valence-corrected chi connectivity index (χ4v) is 4.97. The predicted molar refractivity (Wildman–Crippen MR) is 127 cm³/mol. The monoisotopic (exact) mass is 507 g/mol. The third kappa shape index (κ3) is 5.01. The molecule has 0 radical (unpaired) electrons. The van der Waals surface area contributed by atoms with Gasteiger partial charge in [0, 0.05) is 21.8 Å². The molecule has 0 saturated heterocycles. The van der Waals surface area contributed by atoms with Crippen LogP contribution in [0.4, 0.5) is 5.69 Å². The van der Waals surface area contributed by atoms with E-state index in [9.17, 15) is 4.79 Å². The highest BCUT2D eigenvalue weighted by Crippen LogP contribution is 2.39. The average molecular weight is 509 g/mol. The molecule has 158 valence electrons. The molecule has 2 aliphatic rings. The van der Waals surface area contributed by atoms with Crippen molar-refractivity contribution in [2.45, 2.75) is 44.6 Å². The van der Waals surface area contributed by atoms with Gasteiger partial charge in [0.1, 0.15) is 0 Å². The van der Waals surface area contributed by atoms with Gasteiger partial charge in [0.05, 0.1) is 29.0 Å². The number of halogens is 3. The van der Waals surface area contributed by atoms with Crippen LogP contribution in [0, 0.1) is 5.92 Å². The zero-order chi connectivity index (χ0) is 21.1. The van der Waals surface area contributed by atoms with Crippen LogP contribution in [0.5, 0.6) is 0 Å². The fourth-order valence-electron chi connectivity index (χ4n) is 4.21. The van der Waals surface area contributed by atoms with Crippen molar-refractivity contribution in [3.63, 3.8) is 0 Å². The summed E-state index contributed by atoms with van der Waals surface area (Å²) in [6.07, 6.45) is 6.24. The van der Waals surface area contributed by atoms with Crippen LogP contribution in [0.15, 0.2) is 52.0 Å². The summed E-state index contributed by atoms with van der Waals surface area (Å²) in [5, 5.41) is 11.1. The molecule has 1 N–H and O–H groups in total. The van der Waals surface area contributed by atoms with Crippen LogP contribution in [0.2, 0.25) is 10.0 Å². The molecule has 4 nitrogen and oxygen atoms in total. The van der Waals surface area contributed by atoms with Gasteiger partial charge in [-0.1, -0.05) is 70.5 Å². The number of carbonyl (C=O) groups is 1. The van der Waals surface area contributed by atoms with E-state index in [0.717, 1.165) is 53.5 Å². The predicted octanol–water partition coefficient (Wildman–Crippen LogP) is 6.76. The Kier molecular flexibility index (Phi) is 7.01. The maximum absolute atomic E-state index is 12.6. The summed E-state index contributed by atoms with van der Waals surface area (Å²) in [5.74, 6) is 0.297. The standard InChI is InChI=1S/C23H24BrCl2N3O/c24-17-8-6-15(7-9-17)22-13-19(14-27-23(30)16-4-2-1-3-5-16)28-29(22)21-11-10-18(25)12-20(21)26/h6-12,16,22H,1-5,13-14H2,(H,27,30). The number of amides is 1. The van der Waals surface area contributed by atoms with Gasteiger partial charge in [-0.15, -0.1) is 0 Å². The number of nitrogens with one attached hydrogen (secondary N) is 1. The second-order valence-corrected chi connectivity index (χ2v) is 9.69. The van der Waals surface area contributed by atoms with E-state index in [2.05, 4.69) is 33.4 Å². The molecule has 2 aromatic rings. The van der Waals surface area contributed by atoms with E-state index in [-0.39, 0.29) is 17.9 Å². The minimum absolute atomic E-state index is 0.0124. The number of hydrogen-bond donors (Lipinski definition) is 1. The molecule has 7 heteroatoms. The summed E-state index contributed by atoms with van der Waals surface area (Å²) < 4.78 is 1.03. The Morgan fingerprint density at radius 3 is 2.53 bits per heavy atom. The highest BCUT2D eigenvalue weighted by molar-refractivity contribution is 9.10. The Morgan fingerprint density at radius 2 is 1.83 bits per heavy atom. The van der Waals surface area contributed by atoms with E-state index >= 15 is 0 Å². The molecule has 4 rings (SSSR count). The molecule has 1 aliphatic carbocycles. The number of hydrazone groups is 1. The van der Waals surface area contributed by atoms with E-state index in [0.29, 0.717) is 16.6 Å². The van der Waals surface area contributed by atoms with E-state index in [1.165, 1.54) is 6.42 Å². The van der Waals surface area contributed by atoms with Gasteiger partial charge in [-0.25, -0.2) is 0 Å². The van der Waals surface area contributed by atoms with E-state index < -0.39 is 0 Å². The Bertz CT molecular complexity index is 942. The topological polar surface area (TPSA) is 44.7 Å². The van der Waals surface area contributed by atoms with Crippen molar-refractivity contribution >= 4 is 56.4 Å². The molecule has 1 fully saturated rings. The Hall–Kier alpha value is -1.56. The molecule has 2 aromatic carbocycles. The van der Waals surface area contributed by atoms with Gasteiger partial charge in [0.25, 0.3) is 0 Å². The van der Waals surface area contributed by atoms with Crippen LogP contribution >= 0.6 is 39.1 Å². The summed E-state index contributed by atoms with van der Waals surface area (Å²) in [5.41, 5.74) is 2.89. The fraction of sp³-hybridized carbons (Fsp3) is 0.391. The normalized spacial score (nSPS) is 19.6. The number of hydrogen-bond acceptors (Lipinski definition) is 3. The lowest BCUT2D eigenvalue weighted by Gasteiger charge is -2.25. The summed E-state index contributed by atoms with van der Waals surface area (Å²) >= 11 is 16.1. The highest BCUT2D eigenvalue weighted by atomic mass is 79.9. The van der Waals surface area contributed by atoms with Crippen molar-refractivity contribution in [2.75, 3.05) is 11.6 Å². The summed E-state index contributed by atoms with van der Waals surface area (Å²) in [6, 6.07) is 13.7. The van der Waals surface area contributed by atoms with Gasteiger partial charge in [-0.05, 0) is 48.7 Å². The van der Waals surface area contributed by atoms with Crippen LogP contribution in [-0.2, 0) is 4.79 Å². The molecular weight excluding hydrogens is 485 g/mol. The molecule has 0 bridgehead atoms.